The van der Waals surface area contributed by atoms with E-state index < -0.39 is 11.6 Å². The largest absolute Gasteiger partial charge is 0.384 e. The molecule has 0 fully saturated rings. The molecule has 18 heavy (non-hydrogen) atoms. The number of nitrogens with two attached hydrogens (primary N) is 1. The van der Waals surface area contributed by atoms with Crippen molar-refractivity contribution in [1.82, 2.24) is 0 Å². The van der Waals surface area contributed by atoms with E-state index in [4.69, 9.17) is 11.1 Å². The summed E-state index contributed by atoms with van der Waals surface area (Å²) in [6.07, 6.45) is 2.97. The fourth-order valence-corrected chi connectivity index (χ4v) is 1.80. The Morgan fingerprint density at radius 2 is 1.83 bits per heavy atom. The predicted octanol–water partition coefficient (Wildman–Crippen LogP) is 2.88. The minimum atomic E-state index is -0.681. The molecule has 100 valence electrons. The van der Waals surface area contributed by atoms with Gasteiger partial charge in [0.05, 0.1) is 0 Å². The van der Waals surface area contributed by atoms with Crippen molar-refractivity contribution in [3.05, 3.63) is 29.3 Å². The number of hydrogen-bond acceptors (Lipinski definition) is 2. The van der Waals surface area contributed by atoms with Crippen molar-refractivity contribution in [2.45, 2.75) is 26.2 Å². The smallest absolute Gasteiger partial charge is 0.150 e. The van der Waals surface area contributed by atoms with E-state index in [1.165, 1.54) is 0 Å². The van der Waals surface area contributed by atoms with Gasteiger partial charge in [-0.2, -0.15) is 0 Å². The molecule has 0 heterocycles. The number of nitrogens with zero attached hydrogens (tertiary/aromatic N) is 1. The molecule has 0 aliphatic rings. The number of hydrogen-bond donors (Lipinski definition) is 2. The summed E-state index contributed by atoms with van der Waals surface area (Å²) in [7, 11) is 1.66. The molecule has 0 bridgehead atoms. The molecule has 0 saturated carbocycles. The normalized spacial score (nSPS) is 10.4. The molecule has 0 saturated heterocycles. The molecular formula is C13H19F2N3. The van der Waals surface area contributed by atoms with Crippen molar-refractivity contribution in [2.24, 2.45) is 5.73 Å². The molecule has 0 atom stereocenters. The maximum Gasteiger partial charge on any atom is 0.150 e. The summed E-state index contributed by atoms with van der Waals surface area (Å²) in [6.45, 7) is 2.67. The van der Waals surface area contributed by atoms with E-state index in [1.807, 2.05) is 0 Å². The second-order valence-electron chi connectivity index (χ2n) is 4.33. The van der Waals surface area contributed by atoms with Gasteiger partial charge < -0.3 is 10.6 Å². The molecule has 0 spiro atoms. The van der Waals surface area contributed by atoms with Crippen LogP contribution in [0.25, 0.3) is 0 Å². The standard InChI is InChI=1S/C13H19F2N3/c1-3-4-5-6-18(2)12-10(14)7-9(13(16)17)8-11(12)15/h7-8H,3-6H2,1-2H3,(H3,16,17). The van der Waals surface area contributed by atoms with Crippen LogP contribution in [-0.2, 0) is 0 Å². The van der Waals surface area contributed by atoms with Crippen LogP contribution in [0.1, 0.15) is 31.7 Å². The number of nitrogen functional groups attached to an aromatic ring is 1. The number of unbranched alkanes of at least 4 members (excludes halogenated alkanes) is 2. The first-order valence-electron chi connectivity index (χ1n) is 6.02. The topological polar surface area (TPSA) is 53.1 Å². The van der Waals surface area contributed by atoms with Gasteiger partial charge in [0, 0.05) is 19.2 Å². The molecular weight excluding hydrogens is 236 g/mol. The van der Waals surface area contributed by atoms with Crippen molar-refractivity contribution in [3.63, 3.8) is 0 Å². The van der Waals surface area contributed by atoms with Crippen molar-refractivity contribution in [1.29, 1.82) is 5.41 Å². The third-order valence-corrected chi connectivity index (χ3v) is 2.81. The van der Waals surface area contributed by atoms with Gasteiger partial charge in [0.25, 0.3) is 0 Å². The number of nitrogens with one attached hydrogen (secondary N) is 1. The van der Waals surface area contributed by atoms with Crippen LogP contribution in [-0.4, -0.2) is 19.4 Å². The Balaban J connectivity index is 2.92. The van der Waals surface area contributed by atoms with E-state index >= 15 is 0 Å². The molecule has 3 N–H and O–H groups in total. The zero-order chi connectivity index (χ0) is 13.7. The van der Waals surface area contributed by atoms with Gasteiger partial charge in [-0.15, -0.1) is 0 Å². The Morgan fingerprint density at radius 1 is 1.28 bits per heavy atom. The lowest BCUT2D eigenvalue weighted by molar-refractivity contribution is 0.572. The van der Waals surface area contributed by atoms with Crippen LogP contribution >= 0.6 is 0 Å². The van der Waals surface area contributed by atoms with Crippen molar-refractivity contribution < 1.29 is 8.78 Å². The van der Waals surface area contributed by atoms with E-state index in [0.29, 0.717) is 6.54 Å². The molecule has 0 unspecified atom stereocenters. The van der Waals surface area contributed by atoms with Crippen LogP contribution in [0.5, 0.6) is 0 Å². The van der Waals surface area contributed by atoms with Crippen LogP contribution in [0.2, 0.25) is 0 Å². The van der Waals surface area contributed by atoms with E-state index in [9.17, 15) is 8.78 Å². The van der Waals surface area contributed by atoms with Gasteiger partial charge in [-0.1, -0.05) is 19.8 Å². The Kier molecular flexibility index (Phi) is 5.07. The first-order valence-corrected chi connectivity index (χ1v) is 6.02. The highest BCUT2D eigenvalue weighted by molar-refractivity contribution is 5.95. The van der Waals surface area contributed by atoms with Crippen LogP contribution in [0.4, 0.5) is 14.5 Å². The SMILES string of the molecule is CCCCCN(C)c1c(F)cc(C(=N)N)cc1F. The molecule has 0 aromatic heterocycles. The summed E-state index contributed by atoms with van der Waals surface area (Å²) in [5.41, 5.74) is 5.22. The molecule has 0 aliphatic carbocycles. The lowest BCUT2D eigenvalue weighted by atomic mass is 10.1. The van der Waals surface area contributed by atoms with Crippen molar-refractivity contribution in [2.75, 3.05) is 18.5 Å². The summed E-state index contributed by atoms with van der Waals surface area (Å²) in [6, 6.07) is 2.19. The Bertz CT molecular complexity index is 409. The lowest BCUT2D eigenvalue weighted by Crippen LogP contribution is -2.22. The Hall–Kier alpha value is -1.65. The van der Waals surface area contributed by atoms with Gasteiger partial charge in [0.1, 0.15) is 23.2 Å². The molecule has 1 rings (SSSR count). The average Bonchev–Trinajstić information content (AvgIpc) is 2.28. The van der Waals surface area contributed by atoms with Gasteiger partial charge in [0.15, 0.2) is 0 Å². The molecule has 0 amide bonds. The summed E-state index contributed by atoms with van der Waals surface area (Å²) in [5.74, 6) is -1.70. The van der Waals surface area contributed by atoms with Crippen LogP contribution in [0, 0.1) is 17.0 Å². The summed E-state index contributed by atoms with van der Waals surface area (Å²) < 4.78 is 27.6. The maximum absolute atomic E-state index is 13.8. The van der Waals surface area contributed by atoms with Gasteiger partial charge in [-0.05, 0) is 18.6 Å². The van der Waals surface area contributed by atoms with E-state index in [-0.39, 0.29) is 17.1 Å². The lowest BCUT2D eigenvalue weighted by Gasteiger charge is -2.21. The highest BCUT2D eigenvalue weighted by atomic mass is 19.1. The van der Waals surface area contributed by atoms with Crippen LogP contribution in [0.15, 0.2) is 12.1 Å². The van der Waals surface area contributed by atoms with E-state index in [2.05, 4.69) is 6.92 Å². The molecule has 3 nitrogen and oxygen atoms in total. The molecule has 0 radical (unpaired) electrons. The third kappa shape index (κ3) is 3.42. The summed E-state index contributed by atoms with van der Waals surface area (Å²) >= 11 is 0. The van der Waals surface area contributed by atoms with Crippen LogP contribution < -0.4 is 10.6 Å². The van der Waals surface area contributed by atoms with Gasteiger partial charge >= 0.3 is 0 Å². The summed E-state index contributed by atoms with van der Waals surface area (Å²) in [4.78, 5) is 1.56. The van der Waals surface area contributed by atoms with E-state index in [0.717, 1.165) is 31.4 Å². The predicted molar refractivity (Wildman–Crippen MR) is 70.2 cm³/mol. The number of rotatable bonds is 6. The van der Waals surface area contributed by atoms with Crippen molar-refractivity contribution >= 4 is 11.5 Å². The second-order valence-corrected chi connectivity index (χ2v) is 4.33. The molecule has 1 aromatic carbocycles. The third-order valence-electron chi connectivity index (χ3n) is 2.81. The molecule has 5 heteroatoms. The quantitative estimate of drug-likeness (QED) is 0.466. The fourth-order valence-electron chi connectivity index (χ4n) is 1.80. The van der Waals surface area contributed by atoms with Crippen molar-refractivity contribution in [3.8, 4) is 0 Å². The monoisotopic (exact) mass is 255 g/mol. The summed E-state index contributed by atoms with van der Waals surface area (Å²) in [5, 5.41) is 7.17. The second kappa shape index (κ2) is 6.33. The highest BCUT2D eigenvalue weighted by Gasteiger charge is 2.15. The Labute approximate surface area is 106 Å². The number of benzene rings is 1. The minimum absolute atomic E-state index is 0.0592. The highest BCUT2D eigenvalue weighted by Crippen LogP contribution is 2.24. The number of anilines is 1. The Morgan fingerprint density at radius 3 is 2.28 bits per heavy atom. The first-order chi connectivity index (χ1) is 8.47. The minimum Gasteiger partial charge on any atom is -0.384 e. The average molecular weight is 255 g/mol. The molecule has 0 aliphatic heterocycles. The van der Waals surface area contributed by atoms with Gasteiger partial charge in [0.2, 0.25) is 0 Å². The zero-order valence-corrected chi connectivity index (χ0v) is 10.8. The fraction of sp³-hybridized carbons (Fsp3) is 0.462. The number of halogens is 2. The van der Waals surface area contributed by atoms with Gasteiger partial charge in [-0.25, -0.2) is 8.78 Å². The maximum atomic E-state index is 13.8. The zero-order valence-electron chi connectivity index (χ0n) is 10.8. The number of amidine groups is 1. The first kappa shape index (κ1) is 14.4. The van der Waals surface area contributed by atoms with Crippen LogP contribution in [0.3, 0.4) is 0 Å². The molecule has 1 aromatic rings. The van der Waals surface area contributed by atoms with E-state index in [1.54, 1.807) is 11.9 Å². The van der Waals surface area contributed by atoms with Gasteiger partial charge in [-0.3, -0.25) is 5.41 Å².